The third kappa shape index (κ3) is 12.6. The maximum absolute atomic E-state index is 11.7. The molecule has 0 heterocycles. The zero-order chi connectivity index (χ0) is 16.6. The Morgan fingerprint density at radius 1 is 1.09 bits per heavy atom. The average molecular weight is 340 g/mol. The van der Waals surface area contributed by atoms with E-state index in [1.165, 1.54) is 76.4 Å². The first kappa shape index (κ1) is 20.6. The monoisotopic (exact) mass is 339 g/mol. The molecule has 1 aliphatic carbocycles. The molecule has 0 radical (unpaired) electrons. The van der Waals surface area contributed by atoms with E-state index in [-0.39, 0.29) is 5.91 Å². The first-order valence-electron chi connectivity index (χ1n) is 9.85. The van der Waals surface area contributed by atoms with Gasteiger partial charge in [0.15, 0.2) is 0 Å². The van der Waals surface area contributed by atoms with Gasteiger partial charge in [0.25, 0.3) is 0 Å². The molecule has 0 bridgehead atoms. The molecule has 0 aromatic heterocycles. The molecule has 0 aromatic carbocycles. The van der Waals surface area contributed by atoms with Crippen LogP contribution in [-0.4, -0.2) is 24.0 Å². The number of allylic oxidation sites excluding steroid dienone is 1. The molecule has 0 saturated heterocycles. The van der Waals surface area contributed by atoms with Gasteiger partial charge in [-0.3, -0.25) is 4.79 Å². The lowest BCUT2D eigenvalue weighted by Crippen LogP contribution is -2.23. The minimum Gasteiger partial charge on any atom is -0.352 e. The zero-order valence-electron chi connectivity index (χ0n) is 15.2. The molecule has 1 rings (SSSR count). The van der Waals surface area contributed by atoms with Gasteiger partial charge in [-0.15, -0.1) is 0 Å². The number of carbonyl (C=O) groups is 1. The van der Waals surface area contributed by atoms with Crippen molar-refractivity contribution in [2.24, 2.45) is 5.92 Å². The molecule has 1 fully saturated rings. The summed E-state index contributed by atoms with van der Waals surface area (Å²) >= 11 is 1.99. The number of amides is 1. The molecule has 0 atom stereocenters. The molecule has 1 N–H and O–H groups in total. The van der Waals surface area contributed by atoms with Crippen molar-refractivity contribution in [3.63, 3.8) is 0 Å². The van der Waals surface area contributed by atoms with Gasteiger partial charge in [-0.25, -0.2) is 0 Å². The van der Waals surface area contributed by atoms with Crippen molar-refractivity contribution in [1.82, 2.24) is 5.32 Å². The number of hydrogen-bond donors (Lipinski definition) is 1. The van der Waals surface area contributed by atoms with Gasteiger partial charge in [-0.2, -0.15) is 11.8 Å². The number of hydrogen-bond acceptors (Lipinski definition) is 2. The summed E-state index contributed by atoms with van der Waals surface area (Å²) in [6, 6.07) is 0. The summed E-state index contributed by atoms with van der Waals surface area (Å²) in [7, 11) is 0. The number of thioether (sulfide) groups is 1. The first-order chi connectivity index (χ1) is 11.3. The van der Waals surface area contributed by atoms with E-state index < -0.39 is 0 Å². The molecule has 0 aromatic rings. The summed E-state index contributed by atoms with van der Waals surface area (Å²) in [4.78, 5) is 11.7. The van der Waals surface area contributed by atoms with E-state index in [4.69, 9.17) is 0 Å². The molecular weight excluding hydrogens is 302 g/mol. The molecule has 134 valence electrons. The standard InChI is InChI=1S/C20H37NOS/c1-2-3-4-5-6-7-11-14-20(22)21-16-18-23-17-15-19-12-9-8-10-13-19/h11,14,19H,2-10,12-13,15-18H2,1H3,(H,21,22). The van der Waals surface area contributed by atoms with Crippen molar-refractivity contribution in [2.75, 3.05) is 18.1 Å². The molecule has 0 unspecified atom stereocenters. The van der Waals surface area contributed by atoms with Crippen LogP contribution in [0.25, 0.3) is 0 Å². The fraction of sp³-hybridized carbons (Fsp3) is 0.850. The molecule has 0 spiro atoms. The van der Waals surface area contributed by atoms with E-state index in [0.29, 0.717) is 0 Å². The Morgan fingerprint density at radius 3 is 2.65 bits per heavy atom. The number of rotatable bonds is 13. The predicted octanol–water partition coefficient (Wildman–Crippen LogP) is 5.72. The highest BCUT2D eigenvalue weighted by atomic mass is 32.2. The molecule has 1 amide bonds. The molecule has 1 saturated carbocycles. The second kappa shape index (κ2) is 15.1. The third-order valence-corrected chi connectivity index (χ3v) is 5.70. The third-order valence-electron chi connectivity index (χ3n) is 4.68. The quantitative estimate of drug-likeness (QED) is 0.343. The van der Waals surface area contributed by atoms with Gasteiger partial charge in [-0.05, 0) is 37.0 Å². The largest absolute Gasteiger partial charge is 0.352 e. The van der Waals surface area contributed by atoms with Crippen molar-refractivity contribution in [3.8, 4) is 0 Å². The van der Waals surface area contributed by atoms with Gasteiger partial charge >= 0.3 is 0 Å². The molecule has 3 heteroatoms. The summed E-state index contributed by atoms with van der Waals surface area (Å²) in [5, 5.41) is 2.99. The van der Waals surface area contributed by atoms with Crippen LogP contribution in [0.1, 0.15) is 84.0 Å². The number of unbranched alkanes of at least 4 members (excludes halogenated alkanes) is 5. The predicted molar refractivity (Wildman–Crippen MR) is 104 cm³/mol. The van der Waals surface area contributed by atoms with Crippen LogP contribution in [-0.2, 0) is 4.79 Å². The molecule has 2 nitrogen and oxygen atoms in total. The zero-order valence-corrected chi connectivity index (χ0v) is 16.0. The molecule has 23 heavy (non-hydrogen) atoms. The number of carbonyl (C=O) groups excluding carboxylic acids is 1. The van der Waals surface area contributed by atoms with E-state index in [9.17, 15) is 4.79 Å². The Labute approximate surface area is 148 Å². The molecule has 0 aliphatic heterocycles. The van der Waals surface area contributed by atoms with Crippen LogP contribution in [0.3, 0.4) is 0 Å². The van der Waals surface area contributed by atoms with Crippen LogP contribution < -0.4 is 5.32 Å². The summed E-state index contributed by atoms with van der Waals surface area (Å²) in [5.74, 6) is 3.36. The Balaban J connectivity index is 1.85. The molecular formula is C20H37NOS. The summed E-state index contributed by atoms with van der Waals surface area (Å²) in [6.07, 6.45) is 19.8. The Hall–Kier alpha value is -0.440. The van der Waals surface area contributed by atoms with Gasteiger partial charge in [-0.1, -0.05) is 70.8 Å². The van der Waals surface area contributed by atoms with Crippen molar-refractivity contribution < 1.29 is 4.79 Å². The van der Waals surface area contributed by atoms with Crippen molar-refractivity contribution in [3.05, 3.63) is 12.2 Å². The van der Waals surface area contributed by atoms with E-state index in [0.717, 1.165) is 24.6 Å². The normalized spacial score (nSPS) is 16.0. The topological polar surface area (TPSA) is 29.1 Å². The van der Waals surface area contributed by atoms with Gasteiger partial charge in [0, 0.05) is 12.3 Å². The van der Waals surface area contributed by atoms with Gasteiger partial charge in [0.1, 0.15) is 0 Å². The van der Waals surface area contributed by atoms with E-state index in [1.807, 2.05) is 17.8 Å². The first-order valence-corrected chi connectivity index (χ1v) is 11.0. The minimum absolute atomic E-state index is 0.0754. The van der Waals surface area contributed by atoms with Crippen molar-refractivity contribution in [1.29, 1.82) is 0 Å². The average Bonchev–Trinajstić information content (AvgIpc) is 2.58. The second-order valence-corrected chi connectivity index (χ2v) is 8.03. The fourth-order valence-electron chi connectivity index (χ4n) is 3.19. The minimum atomic E-state index is 0.0754. The van der Waals surface area contributed by atoms with Crippen LogP contribution >= 0.6 is 11.8 Å². The summed E-state index contributed by atoms with van der Waals surface area (Å²) in [5.41, 5.74) is 0. The Kier molecular flexibility index (Phi) is 13.5. The van der Waals surface area contributed by atoms with Crippen LogP contribution in [0.5, 0.6) is 0 Å². The van der Waals surface area contributed by atoms with E-state index in [1.54, 1.807) is 6.08 Å². The highest BCUT2D eigenvalue weighted by Gasteiger charge is 2.12. The Bertz CT molecular complexity index is 311. The lowest BCUT2D eigenvalue weighted by Gasteiger charge is -2.20. The fourth-order valence-corrected chi connectivity index (χ4v) is 4.14. The lowest BCUT2D eigenvalue weighted by atomic mass is 9.88. The van der Waals surface area contributed by atoms with E-state index in [2.05, 4.69) is 12.2 Å². The summed E-state index contributed by atoms with van der Waals surface area (Å²) in [6.45, 7) is 3.04. The van der Waals surface area contributed by atoms with Crippen molar-refractivity contribution >= 4 is 17.7 Å². The van der Waals surface area contributed by atoms with Crippen LogP contribution in [0, 0.1) is 5.92 Å². The van der Waals surface area contributed by atoms with Gasteiger partial charge < -0.3 is 5.32 Å². The SMILES string of the molecule is CCCCCCCC=CC(=O)NCCSCCC1CCCCC1. The highest BCUT2D eigenvalue weighted by Crippen LogP contribution is 2.27. The second-order valence-electron chi connectivity index (χ2n) is 6.80. The van der Waals surface area contributed by atoms with Crippen LogP contribution in [0.2, 0.25) is 0 Å². The number of nitrogens with one attached hydrogen (secondary N) is 1. The summed E-state index contributed by atoms with van der Waals surface area (Å²) < 4.78 is 0. The van der Waals surface area contributed by atoms with Crippen molar-refractivity contribution in [2.45, 2.75) is 84.0 Å². The Morgan fingerprint density at radius 2 is 1.87 bits per heavy atom. The van der Waals surface area contributed by atoms with E-state index >= 15 is 0 Å². The maximum atomic E-state index is 11.7. The maximum Gasteiger partial charge on any atom is 0.243 e. The lowest BCUT2D eigenvalue weighted by molar-refractivity contribution is -0.116. The van der Waals surface area contributed by atoms with Crippen LogP contribution in [0.4, 0.5) is 0 Å². The molecule has 1 aliphatic rings. The highest BCUT2D eigenvalue weighted by molar-refractivity contribution is 7.99. The van der Waals surface area contributed by atoms with Gasteiger partial charge in [0.2, 0.25) is 5.91 Å². The van der Waals surface area contributed by atoms with Crippen LogP contribution in [0.15, 0.2) is 12.2 Å². The smallest absolute Gasteiger partial charge is 0.243 e. The van der Waals surface area contributed by atoms with Gasteiger partial charge in [0.05, 0.1) is 0 Å².